The first-order chi connectivity index (χ1) is 8.08. The molecule has 8 nitrogen and oxygen atoms in total. The zero-order valence-electron chi connectivity index (χ0n) is 8.36. The number of fused-ring (bicyclic) bond motifs is 1. The zero-order valence-corrected chi connectivity index (χ0v) is 8.36. The fourth-order valence-electron chi connectivity index (χ4n) is 1.38. The number of benzene rings is 1. The third-order valence-electron chi connectivity index (χ3n) is 2.09. The molecule has 0 amide bonds. The van der Waals surface area contributed by atoms with E-state index in [4.69, 9.17) is 9.47 Å². The van der Waals surface area contributed by atoms with Gasteiger partial charge in [0.15, 0.2) is 11.5 Å². The summed E-state index contributed by atoms with van der Waals surface area (Å²) < 4.78 is 10.0. The molecule has 0 fully saturated rings. The van der Waals surface area contributed by atoms with Gasteiger partial charge < -0.3 is 9.47 Å². The van der Waals surface area contributed by atoms with Crippen LogP contribution >= 0.6 is 0 Å². The molecule has 88 valence electrons. The van der Waals surface area contributed by atoms with Crippen molar-refractivity contribution in [3.05, 3.63) is 44.1 Å². The first-order valence-electron chi connectivity index (χ1n) is 4.47. The van der Waals surface area contributed by atoms with Crippen LogP contribution in [0.4, 0.5) is 5.69 Å². The van der Waals surface area contributed by atoms with E-state index in [-0.39, 0.29) is 23.8 Å². The van der Waals surface area contributed by atoms with Crippen LogP contribution in [-0.4, -0.2) is 16.6 Å². The summed E-state index contributed by atoms with van der Waals surface area (Å²) >= 11 is 0. The smallest absolute Gasteiger partial charge is 0.280 e. The van der Waals surface area contributed by atoms with Crippen molar-refractivity contribution in [1.29, 1.82) is 0 Å². The van der Waals surface area contributed by atoms with Crippen molar-refractivity contribution in [2.24, 2.45) is 0 Å². The van der Waals surface area contributed by atoms with Crippen molar-refractivity contribution in [2.75, 3.05) is 6.79 Å². The molecule has 1 aromatic carbocycles. The molecule has 1 aliphatic heterocycles. The average molecular weight is 238 g/mol. The van der Waals surface area contributed by atoms with Crippen LogP contribution in [0, 0.1) is 20.2 Å². The van der Waals surface area contributed by atoms with E-state index in [2.05, 4.69) is 0 Å². The Hall–Kier alpha value is -2.64. The summed E-state index contributed by atoms with van der Waals surface area (Å²) in [6.45, 7) is -0.0190. The molecule has 1 aliphatic rings. The molecular weight excluding hydrogens is 232 g/mol. The van der Waals surface area contributed by atoms with Crippen molar-refractivity contribution in [3.8, 4) is 11.5 Å². The van der Waals surface area contributed by atoms with E-state index in [1.165, 1.54) is 12.1 Å². The summed E-state index contributed by atoms with van der Waals surface area (Å²) in [5.41, 5.74) is -0.177. The van der Waals surface area contributed by atoms with E-state index >= 15 is 0 Å². The number of rotatable bonds is 3. The highest BCUT2D eigenvalue weighted by molar-refractivity contribution is 5.66. The van der Waals surface area contributed by atoms with Gasteiger partial charge in [0.2, 0.25) is 13.0 Å². The van der Waals surface area contributed by atoms with Gasteiger partial charge in [0, 0.05) is 6.08 Å². The lowest BCUT2D eigenvalue weighted by atomic mass is 10.1. The highest BCUT2D eigenvalue weighted by atomic mass is 16.7. The minimum Gasteiger partial charge on any atom is -0.454 e. The molecule has 0 bridgehead atoms. The summed E-state index contributed by atoms with van der Waals surface area (Å²) in [7, 11) is 0. The number of ether oxygens (including phenoxy) is 2. The van der Waals surface area contributed by atoms with Gasteiger partial charge in [-0.1, -0.05) is 0 Å². The number of hydrogen-bond donors (Lipinski definition) is 0. The van der Waals surface area contributed by atoms with Crippen molar-refractivity contribution in [3.63, 3.8) is 0 Å². The molecule has 8 heteroatoms. The molecule has 2 rings (SSSR count). The first-order valence-corrected chi connectivity index (χ1v) is 4.47. The van der Waals surface area contributed by atoms with Crippen molar-refractivity contribution in [2.45, 2.75) is 0 Å². The van der Waals surface area contributed by atoms with Gasteiger partial charge in [-0.2, -0.15) is 0 Å². The molecule has 0 unspecified atom stereocenters. The van der Waals surface area contributed by atoms with E-state index in [0.717, 1.165) is 6.08 Å². The third-order valence-corrected chi connectivity index (χ3v) is 2.09. The van der Waals surface area contributed by atoms with Crippen LogP contribution in [0.3, 0.4) is 0 Å². The second-order valence-electron chi connectivity index (χ2n) is 3.12. The molecule has 0 radical (unpaired) electrons. The summed E-state index contributed by atoms with van der Waals surface area (Å²) in [4.78, 5) is 19.6. The molecule has 0 aromatic heterocycles. The van der Waals surface area contributed by atoms with E-state index < -0.39 is 9.85 Å². The number of nitrogens with zero attached hydrogens (tertiary/aromatic N) is 2. The molecule has 0 saturated heterocycles. The highest BCUT2D eigenvalue weighted by Gasteiger charge is 2.22. The lowest BCUT2D eigenvalue weighted by Crippen LogP contribution is -1.93. The topological polar surface area (TPSA) is 105 Å². The lowest BCUT2D eigenvalue weighted by Gasteiger charge is -1.99. The van der Waals surface area contributed by atoms with Crippen LogP contribution in [0.25, 0.3) is 6.08 Å². The number of nitro benzene ring substituents is 1. The predicted octanol–water partition coefficient (Wildman–Crippen LogP) is 1.57. The van der Waals surface area contributed by atoms with Crippen molar-refractivity contribution < 1.29 is 19.3 Å². The lowest BCUT2D eigenvalue weighted by molar-refractivity contribution is -0.401. The molecule has 0 atom stereocenters. The van der Waals surface area contributed by atoms with E-state index in [1.54, 1.807) is 0 Å². The van der Waals surface area contributed by atoms with Gasteiger partial charge in [-0.25, -0.2) is 0 Å². The van der Waals surface area contributed by atoms with Gasteiger partial charge in [-0.3, -0.25) is 20.2 Å². The molecule has 1 heterocycles. The summed E-state index contributed by atoms with van der Waals surface area (Å²) in [5, 5.41) is 21.0. The molecule has 0 N–H and O–H groups in total. The maximum Gasteiger partial charge on any atom is 0.280 e. The van der Waals surface area contributed by atoms with Crippen LogP contribution in [0.2, 0.25) is 0 Å². The summed E-state index contributed by atoms with van der Waals surface area (Å²) in [6, 6.07) is 2.52. The molecular formula is C9H6N2O6. The largest absolute Gasteiger partial charge is 0.454 e. The first kappa shape index (κ1) is 10.9. The number of nitro groups is 2. The van der Waals surface area contributed by atoms with Crippen LogP contribution < -0.4 is 9.47 Å². The van der Waals surface area contributed by atoms with Crippen molar-refractivity contribution in [1.82, 2.24) is 0 Å². The Labute approximate surface area is 94.4 Å². The maximum absolute atomic E-state index is 10.8. The van der Waals surface area contributed by atoms with Gasteiger partial charge in [0.25, 0.3) is 5.69 Å². The average Bonchev–Trinajstić information content (AvgIpc) is 2.71. The van der Waals surface area contributed by atoms with Crippen LogP contribution in [0.15, 0.2) is 18.3 Å². The fourth-order valence-corrected chi connectivity index (χ4v) is 1.38. The Morgan fingerprint density at radius 2 is 1.82 bits per heavy atom. The maximum atomic E-state index is 10.8. The Morgan fingerprint density at radius 1 is 1.18 bits per heavy atom. The summed E-state index contributed by atoms with van der Waals surface area (Å²) in [6.07, 6.45) is 1.67. The second kappa shape index (κ2) is 4.08. The van der Waals surface area contributed by atoms with Crippen LogP contribution in [-0.2, 0) is 0 Å². The Bertz CT molecular complexity index is 524. The van der Waals surface area contributed by atoms with Crippen molar-refractivity contribution >= 4 is 11.8 Å². The third kappa shape index (κ3) is 2.14. The molecule has 0 aliphatic carbocycles. The number of hydrogen-bond acceptors (Lipinski definition) is 6. The van der Waals surface area contributed by atoms with E-state index in [1.807, 2.05) is 0 Å². The predicted molar refractivity (Wildman–Crippen MR) is 55.2 cm³/mol. The normalized spacial score (nSPS) is 12.9. The monoisotopic (exact) mass is 238 g/mol. The van der Waals surface area contributed by atoms with Gasteiger partial charge in [0.05, 0.1) is 21.5 Å². The Morgan fingerprint density at radius 3 is 2.41 bits per heavy atom. The SMILES string of the molecule is O=[N+]([O-])/C=C/c1cc2c(cc1[N+](=O)[O-])OCO2. The fraction of sp³-hybridized carbons (Fsp3) is 0.111. The standard InChI is InChI=1S/C9H6N2O6/c12-10(13)2-1-6-3-8-9(17-5-16-8)4-7(6)11(14)15/h1-4H,5H2/b2-1+. The minimum atomic E-state index is -0.700. The minimum absolute atomic E-state index is 0.0190. The van der Waals surface area contributed by atoms with Gasteiger partial charge in [0.1, 0.15) is 0 Å². The highest BCUT2D eigenvalue weighted by Crippen LogP contribution is 2.38. The molecule has 17 heavy (non-hydrogen) atoms. The quantitative estimate of drug-likeness (QED) is 0.584. The van der Waals surface area contributed by atoms with Gasteiger partial charge in [-0.05, 0) is 6.07 Å². The molecule has 0 saturated carbocycles. The van der Waals surface area contributed by atoms with Crippen LogP contribution in [0.5, 0.6) is 11.5 Å². The van der Waals surface area contributed by atoms with E-state index in [0.29, 0.717) is 11.9 Å². The second-order valence-corrected chi connectivity index (χ2v) is 3.12. The van der Waals surface area contributed by atoms with E-state index in [9.17, 15) is 20.2 Å². The Balaban J connectivity index is 2.48. The van der Waals surface area contributed by atoms with Gasteiger partial charge >= 0.3 is 0 Å². The molecule has 0 spiro atoms. The Kier molecular flexibility index (Phi) is 2.61. The summed E-state index contributed by atoms with van der Waals surface area (Å²) in [5.74, 6) is 0.591. The molecule has 1 aromatic rings. The van der Waals surface area contributed by atoms with Crippen LogP contribution in [0.1, 0.15) is 5.56 Å². The van der Waals surface area contributed by atoms with Gasteiger partial charge in [-0.15, -0.1) is 0 Å². The zero-order chi connectivity index (χ0) is 12.4.